The van der Waals surface area contributed by atoms with E-state index in [4.69, 9.17) is 0 Å². The number of aromatic nitrogens is 4. The third-order valence-corrected chi connectivity index (χ3v) is 4.26. The van der Waals surface area contributed by atoms with Gasteiger partial charge in [0.2, 0.25) is 0 Å². The van der Waals surface area contributed by atoms with E-state index in [9.17, 15) is 4.79 Å². The molecule has 1 aliphatic rings. The highest BCUT2D eigenvalue weighted by Gasteiger charge is 2.15. The van der Waals surface area contributed by atoms with Gasteiger partial charge in [-0.15, -0.1) is 0 Å². The summed E-state index contributed by atoms with van der Waals surface area (Å²) in [5.41, 5.74) is 1.71. The minimum Gasteiger partial charge on any atom is -0.356 e. The number of carbonyl (C=O) groups is 1. The molecule has 1 fully saturated rings. The fourth-order valence-corrected chi connectivity index (χ4v) is 2.96. The number of amides is 1. The second-order valence-electron chi connectivity index (χ2n) is 6.01. The van der Waals surface area contributed by atoms with E-state index in [-0.39, 0.29) is 11.6 Å². The summed E-state index contributed by atoms with van der Waals surface area (Å²) in [6, 6.07) is 9.25. The second-order valence-corrected chi connectivity index (χ2v) is 6.01. The molecule has 1 saturated heterocycles. The summed E-state index contributed by atoms with van der Waals surface area (Å²) >= 11 is 0. The summed E-state index contributed by atoms with van der Waals surface area (Å²) in [7, 11) is 0. The van der Waals surface area contributed by atoms with Crippen LogP contribution in [0.3, 0.4) is 0 Å². The number of piperidine rings is 1. The Labute approximate surface area is 145 Å². The topological polar surface area (TPSA) is 83.9 Å². The zero-order valence-corrected chi connectivity index (χ0v) is 13.7. The standard InChI is InChI=1S/C18H18N6O/c25-18(15-11-19-13-6-2-3-7-14(13)22-15)23-16-10-17(21-12-20-16)24-8-4-1-5-9-24/h2-3,6-7,10-12H,1,4-5,8-9H2,(H,20,21,23,25). The molecule has 3 heterocycles. The number of para-hydroxylation sites is 2. The van der Waals surface area contributed by atoms with Gasteiger partial charge in [-0.25, -0.2) is 15.0 Å². The first-order chi connectivity index (χ1) is 12.3. The summed E-state index contributed by atoms with van der Waals surface area (Å²) in [5, 5.41) is 2.78. The molecule has 7 heteroatoms. The van der Waals surface area contributed by atoms with Crippen molar-refractivity contribution >= 4 is 28.6 Å². The molecule has 1 aliphatic heterocycles. The monoisotopic (exact) mass is 334 g/mol. The highest BCUT2D eigenvalue weighted by atomic mass is 16.1. The maximum absolute atomic E-state index is 12.5. The van der Waals surface area contributed by atoms with E-state index in [2.05, 4.69) is 30.2 Å². The van der Waals surface area contributed by atoms with Crippen molar-refractivity contribution < 1.29 is 4.79 Å². The van der Waals surface area contributed by atoms with Gasteiger partial charge >= 0.3 is 0 Å². The first kappa shape index (κ1) is 15.4. The SMILES string of the molecule is O=C(Nc1cc(N2CCCCC2)ncn1)c1cnc2ccccc2n1. The minimum atomic E-state index is -0.332. The lowest BCUT2D eigenvalue weighted by molar-refractivity contribution is 0.102. The number of carbonyl (C=O) groups excluding carboxylic acids is 1. The van der Waals surface area contributed by atoms with Crippen LogP contribution in [0.5, 0.6) is 0 Å². The number of fused-ring (bicyclic) bond motifs is 1. The molecular weight excluding hydrogens is 316 g/mol. The van der Waals surface area contributed by atoms with Crippen LogP contribution in [-0.4, -0.2) is 38.9 Å². The van der Waals surface area contributed by atoms with Crippen LogP contribution in [0.15, 0.2) is 42.9 Å². The van der Waals surface area contributed by atoms with Gasteiger partial charge in [-0.3, -0.25) is 9.78 Å². The maximum atomic E-state index is 12.5. The molecule has 3 aromatic rings. The Hall–Kier alpha value is -3.09. The van der Waals surface area contributed by atoms with Crippen LogP contribution in [0, 0.1) is 0 Å². The number of hydrogen-bond donors (Lipinski definition) is 1. The molecule has 1 amide bonds. The third kappa shape index (κ3) is 3.40. The van der Waals surface area contributed by atoms with Crippen molar-refractivity contribution in [1.29, 1.82) is 0 Å². The van der Waals surface area contributed by atoms with Crippen molar-refractivity contribution in [2.75, 3.05) is 23.3 Å². The van der Waals surface area contributed by atoms with Gasteiger partial charge in [0.1, 0.15) is 23.7 Å². The molecular formula is C18H18N6O. The fraction of sp³-hybridized carbons (Fsp3) is 0.278. The fourth-order valence-electron chi connectivity index (χ4n) is 2.96. The largest absolute Gasteiger partial charge is 0.356 e. The minimum absolute atomic E-state index is 0.261. The van der Waals surface area contributed by atoms with Crippen molar-refractivity contribution in [3.05, 3.63) is 48.5 Å². The molecule has 0 bridgehead atoms. The summed E-state index contributed by atoms with van der Waals surface area (Å²) in [5.74, 6) is 0.978. The summed E-state index contributed by atoms with van der Waals surface area (Å²) in [4.78, 5) is 31.8. The molecule has 126 valence electrons. The van der Waals surface area contributed by atoms with E-state index in [0.29, 0.717) is 11.3 Å². The van der Waals surface area contributed by atoms with Crippen LogP contribution >= 0.6 is 0 Å². The average Bonchev–Trinajstić information content (AvgIpc) is 2.68. The average molecular weight is 334 g/mol. The zero-order chi connectivity index (χ0) is 17.1. The number of rotatable bonds is 3. The molecule has 2 aromatic heterocycles. The molecule has 0 unspecified atom stereocenters. The quantitative estimate of drug-likeness (QED) is 0.793. The molecule has 25 heavy (non-hydrogen) atoms. The van der Waals surface area contributed by atoms with E-state index in [0.717, 1.165) is 24.4 Å². The van der Waals surface area contributed by atoms with Crippen molar-refractivity contribution in [2.24, 2.45) is 0 Å². The summed E-state index contributed by atoms with van der Waals surface area (Å²) in [6.07, 6.45) is 6.54. The molecule has 4 rings (SSSR count). The van der Waals surface area contributed by atoms with Crippen LogP contribution in [0.25, 0.3) is 11.0 Å². The van der Waals surface area contributed by atoms with Gasteiger partial charge in [-0.2, -0.15) is 0 Å². The van der Waals surface area contributed by atoms with Crippen molar-refractivity contribution in [3.63, 3.8) is 0 Å². The molecule has 1 N–H and O–H groups in total. The molecule has 0 radical (unpaired) electrons. The number of nitrogens with one attached hydrogen (secondary N) is 1. The Kier molecular flexibility index (Phi) is 4.20. The van der Waals surface area contributed by atoms with Gasteiger partial charge in [0.15, 0.2) is 0 Å². The number of benzene rings is 1. The Morgan fingerprint density at radius 3 is 2.64 bits per heavy atom. The number of anilines is 2. The van der Waals surface area contributed by atoms with Crippen LogP contribution in [0.1, 0.15) is 29.8 Å². The lowest BCUT2D eigenvalue weighted by Crippen LogP contribution is -2.30. The van der Waals surface area contributed by atoms with E-state index in [1.54, 1.807) is 6.07 Å². The predicted octanol–water partition coefficient (Wildman–Crippen LogP) is 2.66. The van der Waals surface area contributed by atoms with Crippen molar-refractivity contribution in [2.45, 2.75) is 19.3 Å². The van der Waals surface area contributed by atoms with Crippen molar-refractivity contribution in [1.82, 2.24) is 19.9 Å². The van der Waals surface area contributed by atoms with E-state index in [1.165, 1.54) is 31.8 Å². The van der Waals surface area contributed by atoms with Gasteiger partial charge in [0.25, 0.3) is 5.91 Å². The smallest absolute Gasteiger partial charge is 0.277 e. The van der Waals surface area contributed by atoms with Crippen LogP contribution in [0.4, 0.5) is 11.6 Å². The van der Waals surface area contributed by atoms with Gasteiger partial charge in [-0.1, -0.05) is 12.1 Å². The van der Waals surface area contributed by atoms with E-state index in [1.807, 2.05) is 24.3 Å². The molecule has 0 atom stereocenters. The predicted molar refractivity (Wildman–Crippen MR) is 95.6 cm³/mol. The lowest BCUT2D eigenvalue weighted by Gasteiger charge is -2.27. The zero-order valence-electron chi connectivity index (χ0n) is 13.7. The summed E-state index contributed by atoms with van der Waals surface area (Å²) in [6.45, 7) is 1.97. The number of hydrogen-bond acceptors (Lipinski definition) is 6. The Balaban J connectivity index is 1.53. The lowest BCUT2D eigenvalue weighted by atomic mass is 10.1. The van der Waals surface area contributed by atoms with Gasteiger partial charge < -0.3 is 10.2 Å². The number of nitrogens with zero attached hydrogens (tertiary/aromatic N) is 5. The second kappa shape index (κ2) is 6.80. The summed E-state index contributed by atoms with van der Waals surface area (Å²) < 4.78 is 0. The van der Waals surface area contributed by atoms with Crippen molar-refractivity contribution in [3.8, 4) is 0 Å². The highest BCUT2D eigenvalue weighted by Crippen LogP contribution is 2.19. The normalized spacial score (nSPS) is 14.5. The molecule has 1 aromatic carbocycles. The van der Waals surface area contributed by atoms with Crippen LogP contribution < -0.4 is 10.2 Å². The Morgan fingerprint density at radius 2 is 1.80 bits per heavy atom. The van der Waals surface area contributed by atoms with E-state index >= 15 is 0 Å². The van der Waals surface area contributed by atoms with Gasteiger partial charge in [-0.05, 0) is 31.4 Å². The van der Waals surface area contributed by atoms with Crippen LogP contribution in [-0.2, 0) is 0 Å². The third-order valence-electron chi connectivity index (χ3n) is 4.26. The maximum Gasteiger partial charge on any atom is 0.277 e. The first-order valence-electron chi connectivity index (χ1n) is 8.40. The highest BCUT2D eigenvalue weighted by molar-refractivity contribution is 6.03. The first-order valence-corrected chi connectivity index (χ1v) is 8.40. The molecule has 0 saturated carbocycles. The Bertz CT molecular complexity index is 907. The van der Waals surface area contributed by atoms with Crippen LogP contribution in [0.2, 0.25) is 0 Å². The molecule has 0 aliphatic carbocycles. The van der Waals surface area contributed by atoms with Gasteiger partial charge in [0, 0.05) is 19.2 Å². The Morgan fingerprint density at radius 1 is 1.00 bits per heavy atom. The molecule has 7 nitrogen and oxygen atoms in total. The van der Waals surface area contributed by atoms with Gasteiger partial charge in [0.05, 0.1) is 17.2 Å². The molecule has 0 spiro atoms. The van der Waals surface area contributed by atoms with E-state index < -0.39 is 0 Å².